The van der Waals surface area contributed by atoms with E-state index in [2.05, 4.69) is 160 Å². The normalized spacial score (nSPS) is 15.4. The lowest BCUT2D eigenvalue weighted by atomic mass is 10.1. The second-order valence-corrected chi connectivity index (χ2v) is 11.5. The van der Waals surface area contributed by atoms with E-state index in [0.29, 0.717) is 6.54 Å². The minimum Gasteiger partial charge on any atom is -0.354 e. The third-order valence-corrected chi connectivity index (χ3v) is 8.76. The third-order valence-electron chi connectivity index (χ3n) is 8.76. The monoisotopic (exact) mass is 567 g/mol. The molecule has 0 bridgehead atoms. The zero-order valence-electron chi connectivity index (χ0n) is 24.0. The molecule has 3 heterocycles. The van der Waals surface area contributed by atoms with Gasteiger partial charge in [0.25, 0.3) is 0 Å². The van der Waals surface area contributed by atoms with Crippen molar-refractivity contribution in [2.75, 3.05) is 0 Å². The van der Waals surface area contributed by atoms with Crippen LogP contribution in [0.15, 0.2) is 151 Å². The Balaban J connectivity index is 1.14. The van der Waals surface area contributed by atoms with Gasteiger partial charge in [-0.3, -0.25) is 0 Å². The molecule has 1 aliphatic rings. The molecule has 0 saturated carbocycles. The van der Waals surface area contributed by atoms with Gasteiger partial charge in [0.05, 0.1) is 11.0 Å². The average Bonchev–Trinajstić information content (AvgIpc) is 3.76. The van der Waals surface area contributed by atoms with Gasteiger partial charge in [0.1, 0.15) is 12.0 Å². The van der Waals surface area contributed by atoms with Crippen molar-refractivity contribution < 1.29 is 0 Å². The van der Waals surface area contributed by atoms with Crippen LogP contribution in [0.25, 0.3) is 49.3 Å². The number of amidine groups is 1. The molecule has 0 radical (unpaired) electrons. The van der Waals surface area contributed by atoms with Crippen molar-refractivity contribution >= 4 is 49.4 Å². The van der Waals surface area contributed by atoms with Gasteiger partial charge in [-0.1, -0.05) is 109 Å². The van der Waals surface area contributed by atoms with Crippen molar-refractivity contribution in [1.82, 2.24) is 20.0 Å². The Hall–Kier alpha value is -5.65. The Morgan fingerprint density at radius 1 is 0.568 bits per heavy atom. The number of nitrogens with one attached hydrogen (secondary N) is 2. The molecule has 5 nitrogen and oxygen atoms in total. The van der Waals surface area contributed by atoms with Gasteiger partial charge in [0.2, 0.25) is 0 Å². The zero-order valence-corrected chi connectivity index (χ0v) is 24.0. The Morgan fingerprint density at radius 3 is 2.18 bits per heavy atom. The Labute approximate surface area is 254 Å². The molecule has 9 rings (SSSR count). The van der Waals surface area contributed by atoms with Crippen molar-refractivity contribution in [2.24, 2.45) is 4.99 Å². The van der Waals surface area contributed by atoms with Gasteiger partial charge in [-0.05, 0) is 47.5 Å². The molecule has 1 unspecified atom stereocenters. The van der Waals surface area contributed by atoms with Crippen molar-refractivity contribution in [3.63, 3.8) is 0 Å². The van der Waals surface area contributed by atoms with Crippen molar-refractivity contribution in [3.8, 4) is 5.69 Å². The fourth-order valence-corrected chi connectivity index (χ4v) is 6.74. The summed E-state index contributed by atoms with van der Waals surface area (Å²) < 4.78 is 2.40. The number of rotatable bonds is 5. The highest BCUT2D eigenvalue weighted by atomic mass is 15.6. The Morgan fingerprint density at radius 2 is 1.32 bits per heavy atom. The minimum atomic E-state index is -0.126. The van der Waals surface area contributed by atoms with Gasteiger partial charge in [-0.2, -0.15) is 5.01 Å². The predicted octanol–water partition coefficient (Wildman–Crippen LogP) is 8.88. The van der Waals surface area contributed by atoms with Crippen LogP contribution in [0.3, 0.4) is 0 Å². The molecule has 6 aromatic carbocycles. The molecule has 8 aromatic rings. The fourth-order valence-electron chi connectivity index (χ4n) is 6.74. The summed E-state index contributed by atoms with van der Waals surface area (Å²) in [5.41, 5.74) is 12.9. The smallest absolute Gasteiger partial charge is 0.147 e. The zero-order chi connectivity index (χ0) is 29.0. The van der Waals surface area contributed by atoms with Crippen LogP contribution >= 0.6 is 0 Å². The molecule has 1 atom stereocenters. The first-order valence-electron chi connectivity index (χ1n) is 15.0. The van der Waals surface area contributed by atoms with Gasteiger partial charge >= 0.3 is 0 Å². The molecule has 1 aliphatic heterocycles. The maximum Gasteiger partial charge on any atom is 0.147 e. The number of hydrazine groups is 1. The molecule has 2 aromatic heterocycles. The molecule has 0 spiro atoms. The molecular formula is C39H29N5. The van der Waals surface area contributed by atoms with E-state index in [-0.39, 0.29) is 6.17 Å². The quantitative estimate of drug-likeness (QED) is 0.218. The van der Waals surface area contributed by atoms with Gasteiger partial charge < -0.3 is 15.0 Å². The van der Waals surface area contributed by atoms with E-state index in [0.717, 1.165) is 33.7 Å². The average molecular weight is 568 g/mol. The highest BCUT2D eigenvalue weighted by Gasteiger charge is 2.28. The van der Waals surface area contributed by atoms with Crippen LogP contribution < -0.4 is 5.43 Å². The van der Waals surface area contributed by atoms with E-state index in [1.807, 2.05) is 6.07 Å². The van der Waals surface area contributed by atoms with Crippen LogP contribution in [0.5, 0.6) is 0 Å². The minimum absolute atomic E-state index is 0.126. The van der Waals surface area contributed by atoms with E-state index in [1.54, 1.807) is 0 Å². The largest absolute Gasteiger partial charge is 0.354 e. The van der Waals surface area contributed by atoms with E-state index in [9.17, 15) is 0 Å². The summed E-state index contributed by atoms with van der Waals surface area (Å²) in [6, 6.07) is 51.7. The lowest BCUT2D eigenvalue weighted by Crippen LogP contribution is -2.37. The Kier molecular flexibility index (Phi) is 5.64. The lowest BCUT2D eigenvalue weighted by Gasteiger charge is -2.24. The molecule has 44 heavy (non-hydrogen) atoms. The van der Waals surface area contributed by atoms with Crippen molar-refractivity contribution in [2.45, 2.75) is 12.7 Å². The number of nitrogens with zero attached hydrogens (tertiary/aromatic N) is 3. The summed E-state index contributed by atoms with van der Waals surface area (Å²) in [5.74, 6) is 0.889. The molecule has 0 amide bonds. The van der Waals surface area contributed by atoms with Crippen LogP contribution in [0.2, 0.25) is 0 Å². The summed E-state index contributed by atoms with van der Waals surface area (Å²) >= 11 is 0. The molecule has 0 fully saturated rings. The number of hydrogen-bond donors (Lipinski definition) is 2. The number of hydrogen-bond acceptors (Lipinski definition) is 3. The lowest BCUT2D eigenvalue weighted by molar-refractivity contribution is 0.181. The summed E-state index contributed by atoms with van der Waals surface area (Å²) in [6.45, 7) is 0.691. The van der Waals surface area contributed by atoms with Gasteiger partial charge in [-0.25, -0.2) is 4.99 Å². The maximum atomic E-state index is 5.13. The number of H-pyrrole nitrogens is 1. The summed E-state index contributed by atoms with van der Waals surface area (Å²) in [6.07, 6.45) is -0.126. The Bertz CT molecular complexity index is 2350. The first kappa shape index (κ1) is 24.9. The molecule has 2 N–H and O–H groups in total. The number of para-hydroxylation sites is 2. The van der Waals surface area contributed by atoms with Gasteiger partial charge in [0.15, 0.2) is 0 Å². The molecule has 0 saturated heterocycles. The number of fused-ring (bicyclic) bond motifs is 6. The molecular weight excluding hydrogens is 538 g/mol. The van der Waals surface area contributed by atoms with Crippen molar-refractivity contribution in [3.05, 3.63) is 162 Å². The van der Waals surface area contributed by atoms with Gasteiger partial charge in [-0.15, -0.1) is 0 Å². The molecule has 5 heteroatoms. The first-order valence-corrected chi connectivity index (χ1v) is 15.0. The van der Waals surface area contributed by atoms with Crippen LogP contribution in [0.1, 0.15) is 22.9 Å². The van der Waals surface area contributed by atoms with Crippen LogP contribution in [0.4, 0.5) is 0 Å². The van der Waals surface area contributed by atoms with E-state index in [4.69, 9.17) is 4.99 Å². The van der Waals surface area contributed by atoms with Crippen molar-refractivity contribution in [1.29, 1.82) is 0 Å². The SMILES string of the molecule is c1ccc(C2=NC(c3ccccc3)N(Cc3cccc(-n4c5ccccc5c5cc6c(cc54)[nH]c4ccccc46)c3)N2)cc1. The van der Waals surface area contributed by atoms with Gasteiger partial charge in [0, 0.05) is 50.4 Å². The highest BCUT2D eigenvalue weighted by Crippen LogP contribution is 2.37. The van der Waals surface area contributed by atoms with Crippen LogP contribution in [-0.2, 0) is 6.54 Å². The van der Waals surface area contributed by atoms with E-state index in [1.165, 1.54) is 38.1 Å². The molecule has 0 aliphatic carbocycles. The van der Waals surface area contributed by atoms with E-state index >= 15 is 0 Å². The second-order valence-electron chi connectivity index (χ2n) is 11.5. The standard InChI is InChI=1S/C39H29N5/c1-3-13-27(14-4-1)38-41-39(28-15-5-2-6-16-28)43(42-38)25-26-12-11-17-29(22-26)44-36-21-10-8-19-31(36)33-23-32-30-18-7-9-20-34(30)40-35(32)24-37(33)44/h1-24,39-40H,25H2,(H,41,42). The number of aliphatic imine (C=N–C) groups is 1. The number of aromatic amines is 1. The maximum absolute atomic E-state index is 5.13. The highest BCUT2D eigenvalue weighted by molar-refractivity contribution is 6.18. The van der Waals surface area contributed by atoms with Crippen LogP contribution in [-0.4, -0.2) is 20.4 Å². The topological polar surface area (TPSA) is 48.4 Å². The third kappa shape index (κ3) is 4.02. The summed E-state index contributed by atoms with van der Waals surface area (Å²) in [4.78, 5) is 8.78. The van der Waals surface area contributed by atoms with Crippen LogP contribution in [0, 0.1) is 0 Å². The summed E-state index contributed by atoms with van der Waals surface area (Å²) in [7, 11) is 0. The summed E-state index contributed by atoms with van der Waals surface area (Å²) in [5, 5.41) is 7.26. The predicted molar refractivity (Wildman–Crippen MR) is 181 cm³/mol. The molecule has 210 valence electrons. The fraction of sp³-hybridized carbons (Fsp3) is 0.0513. The second kappa shape index (κ2) is 9.97. The van der Waals surface area contributed by atoms with E-state index < -0.39 is 0 Å². The first-order chi connectivity index (χ1) is 21.8. The number of aromatic nitrogens is 2. The number of benzene rings is 6.